The third kappa shape index (κ3) is 3.28. The van der Waals surface area contributed by atoms with Crippen molar-refractivity contribution in [2.75, 3.05) is 22.9 Å². The molecule has 6 nitrogen and oxygen atoms in total. The van der Waals surface area contributed by atoms with Gasteiger partial charge in [0.05, 0.1) is 6.26 Å². The van der Waals surface area contributed by atoms with E-state index in [0.29, 0.717) is 5.76 Å². The van der Waals surface area contributed by atoms with E-state index in [-0.39, 0.29) is 17.9 Å². The number of amides is 1. The predicted octanol–water partition coefficient (Wildman–Crippen LogP) is 3.93. The molecule has 1 saturated heterocycles. The van der Waals surface area contributed by atoms with Crippen LogP contribution in [0.4, 0.5) is 11.5 Å². The summed E-state index contributed by atoms with van der Waals surface area (Å²) in [6, 6.07) is 16.1. The Morgan fingerprint density at radius 3 is 2.59 bits per heavy atom. The van der Waals surface area contributed by atoms with E-state index < -0.39 is 0 Å². The number of furan rings is 1. The van der Waals surface area contributed by atoms with E-state index >= 15 is 0 Å². The molecule has 1 atom stereocenters. The minimum absolute atomic E-state index is 0.0650. The molecule has 3 aromatic rings. The molecule has 2 aliphatic rings. The lowest BCUT2D eigenvalue weighted by atomic mass is 9.94. The number of rotatable bonds is 3. The molecule has 0 bridgehead atoms. The van der Waals surface area contributed by atoms with Crippen molar-refractivity contribution in [3.63, 3.8) is 0 Å². The van der Waals surface area contributed by atoms with Gasteiger partial charge in [-0.05, 0) is 62.1 Å². The van der Waals surface area contributed by atoms with E-state index in [1.807, 2.05) is 35.2 Å². The molecule has 0 saturated carbocycles. The molecule has 6 heteroatoms. The van der Waals surface area contributed by atoms with Gasteiger partial charge in [0.15, 0.2) is 11.6 Å². The predicted molar refractivity (Wildman–Crippen MR) is 112 cm³/mol. The van der Waals surface area contributed by atoms with Gasteiger partial charge in [-0.2, -0.15) is 0 Å². The summed E-state index contributed by atoms with van der Waals surface area (Å²) in [5.74, 6) is 1.90. The number of para-hydroxylation sites is 1. The molecule has 1 aromatic carbocycles. The van der Waals surface area contributed by atoms with Gasteiger partial charge < -0.3 is 14.2 Å². The molecular formula is C23H24N4O2. The monoisotopic (exact) mass is 388 g/mol. The average Bonchev–Trinajstić information content (AvgIpc) is 3.41. The van der Waals surface area contributed by atoms with Gasteiger partial charge in [0.1, 0.15) is 5.69 Å². The number of piperidine rings is 1. The minimum atomic E-state index is 0.0650. The molecule has 0 spiro atoms. The molecule has 29 heavy (non-hydrogen) atoms. The Hall–Kier alpha value is -3.15. The molecule has 0 N–H and O–H groups in total. The van der Waals surface area contributed by atoms with Crippen LogP contribution in [-0.4, -0.2) is 35.2 Å². The van der Waals surface area contributed by atoms with Crippen molar-refractivity contribution < 1.29 is 9.21 Å². The Bertz CT molecular complexity index is 992. The highest BCUT2D eigenvalue weighted by molar-refractivity contribution is 5.97. The zero-order valence-electron chi connectivity index (χ0n) is 16.5. The zero-order chi connectivity index (χ0) is 19.8. The summed E-state index contributed by atoms with van der Waals surface area (Å²) in [5.41, 5.74) is 3.09. The number of anilines is 2. The van der Waals surface area contributed by atoms with Crippen LogP contribution in [0, 0.1) is 5.92 Å². The van der Waals surface area contributed by atoms with Gasteiger partial charge >= 0.3 is 0 Å². The van der Waals surface area contributed by atoms with Crippen LogP contribution >= 0.6 is 0 Å². The minimum Gasteiger partial charge on any atom is -0.463 e. The number of fused-ring (bicyclic) bond motifs is 1. The highest BCUT2D eigenvalue weighted by atomic mass is 16.3. The first-order valence-electron chi connectivity index (χ1n) is 10.2. The summed E-state index contributed by atoms with van der Waals surface area (Å²) in [6.07, 6.45) is 4.25. The van der Waals surface area contributed by atoms with Gasteiger partial charge in [-0.1, -0.05) is 18.2 Å². The summed E-state index contributed by atoms with van der Waals surface area (Å²) in [4.78, 5) is 17.5. The number of benzene rings is 1. The molecule has 1 fully saturated rings. The summed E-state index contributed by atoms with van der Waals surface area (Å²) in [6.45, 7) is 3.77. The van der Waals surface area contributed by atoms with Crippen molar-refractivity contribution in [3.8, 4) is 11.5 Å². The molecule has 2 aliphatic heterocycles. The number of hydrogen-bond donors (Lipinski definition) is 0. The Kier molecular flexibility index (Phi) is 4.54. The average molecular weight is 388 g/mol. The maximum atomic E-state index is 13.3. The van der Waals surface area contributed by atoms with Crippen LogP contribution < -0.4 is 9.80 Å². The Morgan fingerprint density at radius 2 is 1.86 bits per heavy atom. The quantitative estimate of drug-likeness (QED) is 0.680. The third-order valence-corrected chi connectivity index (χ3v) is 6.04. The standard InChI is InChI=1S/C23H24N4O2/c1-16-15-18-5-2-3-6-20(18)27(16)23(28)17-10-12-26(13-11-17)22-9-8-19(24-25-22)21-7-4-14-29-21/h2-9,14,16-17H,10-13,15H2,1H3. The van der Waals surface area contributed by atoms with E-state index in [1.54, 1.807) is 6.26 Å². The second kappa shape index (κ2) is 7.35. The Labute approximate surface area is 170 Å². The van der Waals surface area contributed by atoms with E-state index in [2.05, 4.69) is 40.2 Å². The lowest BCUT2D eigenvalue weighted by molar-refractivity contribution is -0.123. The van der Waals surface area contributed by atoms with Gasteiger partial charge in [0.2, 0.25) is 5.91 Å². The summed E-state index contributed by atoms with van der Waals surface area (Å²) in [7, 11) is 0. The van der Waals surface area contributed by atoms with Crippen molar-refractivity contribution in [1.29, 1.82) is 0 Å². The van der Waals surface area contributed by atoms with Gasteiger partial charge in [-0.25, -0.2) is 0 Å². The van der Waals surface area contributed by atoms with Crippen LogP contribution in [0.15, 0.2) is 59.2 Å². The van der Waals surface area contributed by atoms with Crippen molar-refractivity contribution in [2.45, 2.75) is 32.2 Å². The van der Waals surface area contributed by atoms with Crippen LogP contribution in [0.5, 0.6) is 0 Å². The topological polar surface area (TPSA) is 62.5 Å². The summed E-state index contributed by atoms with van der Waals surface area (Å²) < 4.78 is 5.37. The number of aromatic nitrogens is 2. The molecule has 5 rings (SSSR count). The molecule has 4 heterocycles. The SMILES string of the molecule is CC1Cc2ccccc2N1C(=O)C1CCN(c2ccc(-c3ccco3)nn2)CC1. The van der Waals surface area contributed by atoms with Gasteiger partial charge in [0, 0.05) is 30.7 Å². The lowest BCUT2D eigenvalue weighted by Gasteiger charge is -2.35. The van der Waals surface area contributed by atoms with Crippen molar-refractivity contribution in [1.82, 2.24) is 10.2 Å². The summed E-state index contributed by atoms with van der Waals surface area (Å²) >= 11 is 0. The molecule has 2 aromatic heterocycles. The van der Waals surface area contributed by atoms with Gasteiger partial charge in [-0.15, -0.1) is 10.2 Å². The van der Waals surface area contributed by atoms with E-state index in [9.17, 15) is 4.79 Å². The fourth-order valence-electron chi connectivity index (χ4n) is 4.50. The molecule has 0 aliphatic carbocycles. The maximum Gasteiger partial charge on any atom is 0.230 e. The number of hydrogen-bond acceptors (Lipinski definition) is 5. The van der Waals surface area contributed by atoms with Crippen LogP contribution in [0.3, 0.4) is 0 Å². The van der Waals surface area contributed by atoms with Crippen LogP contribution in [0.25, 0.3) is 11.5 Å². The second-order valence-electron chi connectivity index (χ2n) is 7.91. The largest absolute Gasteiger partial charge is 0.463 e. The highest BCUT2D eigenvalue weighted by Gasteiger charge is 2.36. The van der Waals surface area contributed by atoms with Crippen molar-refractivity contribution in [3.05, 3.63) is 60.4 Å². The molecule has 1 unspecified atom stereocenters. The summed E-state index contributed by atoms with van der Waals surface area (Å²) in [5, 5.41) is 8.66. The molecule has 148 valence electrons. The fourth-order valence-corrected chi connectivity index (χ4v) is 4.50. The molecule has 0 radical (unpaired) electrons. The Morgan fingerprint density at radius 1 is 1.03 bits per heavy atom. The normalized spacial score (nSPS) is 19.4. The van der Waals surface area contributed by atoms with E-state index in [4.69, 9.17) is 4.42 Å². The zero-order valence-corrected chi connectivity index (χ0v) is 16.5. The fraction of sp³-hybridized carbons (Fsp3) is 0.348. The first-order valence-corrected chi connectivity index (χ1v) is 10.2. The number of nitrogens with zero attached hydrogens (tertiary/aromatic N) is 4. The van der Waals surface area contributed by atoms with E-state index in [0.717, 1.165) is 49.6 Å². The first-order chi connectivity index (χ1) is 14.2. The second-order valence-corrected chi connectivity index (χ2v) is 7.91. The lowest BCUT2D eigenvalue weighted by Crippen LogP contribution is -2.45. The highest BCUT2D eigenvalue weighted by Crippen LogP contribution is 2.35. The van der Waals surface area contributed by atoms with Crippen molar-refractivity contribution >= 4 is 17.4 Å². The van der Waals surface area contributed by atoms with Gasteiger partial charge in [-0.3, -0.25) is 4.79 Å². The number of carbonyl (C=O) groups is 1. The van der Waals surface area contributed by atoms with Crippen LogP contribution in [0.1, 0.15) is 25.3 Å². The van der Waals surface area contributed by atoms with Crippen molar-refractivity contribution in [2.24, 2.45) is 5.92 Å². The maximum absolute atomic E-state index is 13.3. The number of carbonyl (C=O) groups excluding carboxylic acids is 1. The molecular weight excluding hydrogens is 364 g/mol. The smallest absolute Gasteiger partial charge is 0.230 e. The van der Waals surface area contributed by atoms with Gasteiger partial charge in [0.25, 0.3) is 0 Å². The van der Waals surface area contributed by atoms with E-state index in [1.165, 1.54) is 5.56 Å². The van der Waals surface area contributed by atoms with Crippen LogP contribution in [0.2, 0.25) is 0 Å². The first kappa shape index (κ1) is 17.9. The Balaban J connectivity index is 1.24. The third-order valence-electron chi connectivity index (χ3n) is 6.04. The van der Waals surface area contributed by atoms with Crippen LogP contribution in [-0.2, 0) is 11.2 Å². The molecule has 1 amide bonds.